The zero-order valence-corrected chi connectivity index (χ0v) is 49.4. The van der Waals surface area contributed by atoms with Gasteiger partial charge in [-0.05, 0) is 57.8 Å². The van der Waals surface area contributed by atoms with Crippen LogP contribution >= 0.6 is 0 Å². The van der Waals surface area contributed by atoms with Gasteiger partial charge in [0.2, 0.25) is 5.91 Å². The van der Waals surface area contributed by atoms with Gasteiger partial charge in [0, 0.05) is 12.8 Å². The van der Waals surface area contributed by atoms with Gasteiger partial charge in [-0.3, -0.25) is 9.59 Å². The highest BCUT2D eigenvalue weighted by atomic mass is 16.5. The summed E-state index contributed by atoms with van der Waals surface area (Å²) in [5.74, 6) is -0.0527. The number of rotatable bonds is 62. The Morgan fingerprint density at radius 3 is 0.973 bits per heavy atom. The van der Waals surface area contributed by atoms with Crippen molar-refractivity contribution in [2.24, 2.45) is 0 Å². The minimum absolute atomic E-state index is 0.0114. The van der Waals surface area contributed by atoms with Crippen LogP contribution in [0.25, 0.3) is 0 Å². The smallest absolute Gasteiger partial charge is 0.305 e. The zero-order chi connectivity index (χ0) is 52.9. The van der Waals surface area contributed by atoms with Crippen molar-refractivity contribution in [1.82, 2.24) is 5.32 Å². The van der Waals surface area contributed by atoms with Gasteiger partial charge in [0.25, 0.3) is 0 Å². The van der Waals surface area contributed by atoms with Crippen LogP contribution in [0.3, 0.4) is 0 Å². The molecule has 0 radical (unpaired) electrons. The lowest BCUT2D eigenvalue weighted by Gasteiger charge is -2.20. The quantitative estimate of drug-likeness (QED) is 0.0320. The van der Waals surface area contributed by atoms with Crippen molar-refractivity contribution in [3.63, 3.8) is 0 Å². The second-order valence-electron chi connectivity index (χ2n) is 22.8. The van der Waals surface area contributed by atoms with Gasteiger partial charge in [-0.25, -0.2) is 0 Å². The number of nitrogens with one attached hydrogen (secondary N) is 1. The molecule has 0 spiro atoms. The first-order chi connectivity index (χ1) is 36.0. The maximum absolute atomic E-state index is 12.4. The molecule has 0 aliphatic carbocycles. The first-order valence-corrected chi connectivity index (χ1v) is 33.1. The molecule has 6 heteroatoms. The molecule has 0 saturated carbocycles. The summed E-state index contributed by atoms with van der Waals surface area (Å²) >= 11 is 0. The predicted octanol–water partition coefficient (Wildman–Crippen LogP) is 21.0. The van der Waals surface area contributed by atoms with E-state index in [2.05, 4.69) is 31.3 Å². The van der Waals surface area contributed by atoms with Crippen LogP contribution in [0.5, 0.6) is 0 Å². The van der Waals surface area contributed by atoms with E-state index in [0.717, 1.165) is 44.9 Å². The van der Waals surface area contributed by atoms with Gasteiger partial charge in [0.1, 0.15) is 0 Å². The van der Waals surface area contributed by atoms with Gasteiger partial charge in [-0.2, -0.15) is 0 Å². The number of hydrogen-bond donors (Lipinski definition) is 3. The van der Waals surface area contributed by atoms with E-state index in [9.17, 15) is 19.8 Å². The summed E-state index contributed by atoms with van der Waals surface area (Å²) in [6.45, 7) is 4.91. The van der Waals surface area contributed by atoms with E-state index < -0.39 is 12.1 Å². The molecule has 0 bridgehead atoms. The average Bonchev–Trinajstić information content (AvgIpc) is 3.39. The molecule has 1 amide bonds. The minimum Gasteiger partial charge on any atom is -0.466 e. The summed E-state index contributed by atoms with van der Waals surface area (Å²) < 4.78 is 5.49. The SMILES string of the molecule is CCCCCCCCC/C=C\CCCCCCCC(=O)OCCCCCCCCCCCCCCCCCCCCCCCCCCCCCCC(=O)NC(CO)C(O)/C=C/CCCCCCCCCCCC. The topological polar surface area (TPSA) is 95.9 Å². The molecule has 6 nitrogen and oxygen atoms in total. The number of esters is 1. The Labute approximate surface area is 456 Å². The standard InChI is InChI=1S/C67H129NO5/c1-3-5-7-9-11-13-15-17-18-34-37-41-45-49-53-57-61-67(72)73-62-58-54-50-46-42-38-35-32-30-28-26-24-22-20-19-21-23-25-27-29-31-33-36-40-44-48-52-56-60-66(71)68-64(63-69)65(70)59-55-51-47-43-39-16-14-12-10-8-6-4-2/h18,34,55,59,64-65,69-70H,3-17,19-33,35-54,56-58,60-63H2,1-2H3,(H,68,71)/b34-18-,59-55+. The fraction of sp³-hybridized carbons (Fsp3) is 0.910. The number of hydrogen-bond acceptors (Lipinski definition) is 5. The van der Waals surface area contributed by atoms with Crippen molar-refractivity contribution < 1.29 is 24.5 Å². The Morgan fingerprint density at radius 2 is 0.644 bits per heavy atom. The van der Waals surface area contributed by atoms with Crippen molar-refractivity contribution in [3.05, 3.63) is 24.3 Å². The summed E-state index contributed by atoms with van der Waals surface area (Å²) in [5, 5.41) is 23.1. The Kier molecular flexibility index (Phi) is 61.4. The first-order valence-electron chi connectivity index (χ1n) is 33.1. The van der Waals surface area contributed by atoms with Gasteiger partial charge in [0.15, 0.2) is 0 Å². The highest BCUT2D eigenvalue weighted by Crippen LogP contribution is 2.18. The number of ether oxygens (including phenoxy) is 1. The van der Waals surface area contributed by atoms with Crippen LogP contribution in [0.2, 0.25) is 0 Å². The number of allylic oxidation sites excluding steroid dienone is 3. The second-order valence-corrected chi connectivity index (χ2v) is 22.8. The van der Waals surface area contributed by atoms with Crippen molar-refractivity contribution in [3.8, 4) is 0 Å². The Hall–Kier alpha value is -1.66. The molecule has 0 fully saturated rings. The van der Waals surface area contributed by atoms with Crippen LogP contribution in [0.4, 0.5) is 0 Å². The molecule has 2 atom stereocenters. The largest absolute Gasteiger partial charge is 0.466 e. The molecule has 0 aromatic heterocycles. The first kappa shape index (κ1) is 71.3. The lowest BCUT2D eigenvalue weighted by Crippen LogP contribution is -2.45. The molecule has 2 unspecified atom stereocenters. The summed E-state index contributed by atoms with van der Waals surface area (Å²) in [4.78, 5) is 24.5. The van der Waals surface area contributed by atoms with Gasteiger partial charge < -0.3 is 20.3 Å². The van der Waals surface area contributed by atoms with Crippen molar-refractivity contribution in [2.75, 3.05) is 13.2 Å². The van der Waals surface area contributed by atoms with Crippen LogP contribution in [-0.2, 0) is 14.3 Å². The van der Waals surface area contributed by atoms with Crippen LogP contribution in [0, 0.1) is 0 Å². The number of carbonyl (C=O) groups is 2. The van der Waals surface area contributed by atoms with Crippen LogP contribution in [-0.4, -0.2) is 47.4 Å². The lowest BCUT2D eigenvalue weighted by atomic mass is 10.0. The molecule has 0 saturated heterocycles. The van der Waals surface area contributed by atoms with Crippen LogP contribution in [0.15, 0.2) is 24.3 Å². The minimum atomic E-state index is -0.841. The third-order valence-corrected chi connectivity index (χ3v) is 15.5. The van der Waals surface area contributed by atoms with Gasteiger partial charge in [0.05, 0.1) is 25.4 Å². The number of unbranched alkanes of at least 4 members (excludes halogenated alkanes) is 49. The normalized spacial score (nSPS) is 12.7. The molecule has 0 aromatic rings. The third kappa shape index (κ3) is 59.4. The summed E-state index contributed by atoms with van der Waals surface area (Å²) in [6, 6.07) is -0.624. The Balaban J connectivity index is 3.33. The highest BCUT2D eigenvalue weighted by Gasteiger charge is 2.18. The molecule has 0 aliphatic rings. The van der Waals surface area contributed by atoms with E-state index in [0.29, 0.717) is 19.4 Å². The maximum Gasteiger partial charge on any atom is 0.305 e. The van der Waals surface area contributed by atoms with E-state index >= 15 is 0 Å². The van der Waals surface area contributed by atoms with Crippen molar-refractivity contribution in [2.45, 2.75) is 379 Å². The molecule has 432 valence electrons. The average molecular weight is 1030 g/mol. The highest BCUT2D eigenvalue weighted by molar-refractivity contribution is 5.76. The fourth-order valence-electron chi connectivity index (χ4n) is 10.4. The summed E-state index contributed by atoms with van der Waals surface area (Å²) in [5.41, 5.74) is 0. The van der Waals surface area contributed by atoms with E-state index in [1.165, 1.54) is 295 Å². The molecular formula is C67H129NO5. The van der Waals surface area contributed by atoms with Gasteiger partial charge >= 0.3 is 5.97 Å². The monoisotopic (exact) mass is 1030 g/mol. The fourth-order valence-corrected chi connectivity index (χ4v) is 10.4. The lowest BCUT2D eigenvalue weighted by molar-refractivity contribution is -0.143. The number of amides is 1. The number of carbonyl (C=O) groups excluding carboxylic acids is 2. The molecule has 0 aromatic carbocycles. The Bertz CT molecular complexity index is 1140. The van der Waals surface area contributed by atoms with E-state index in [1.807, 2.05) is 6.08 Å². The summed E-state index contributed by atoms with van der Waals surface area (Å²) in [7, 11) is 0. The van der Waals surface area contributed by atoms with Gasteiger partial charge in [-0.15, -0.1) is 0 Å². The van der Waals surface area contributed by atoms with Crippen molar-refractivity contribution in [1.29, 1.82) is 0 Å². The van der Waals surface area contributed by atoms with E-state index in [1.54, 1.807) is 6.08 Å². The van der Waals surface area contributed by atoms with E-state index in [-0.39, 0.29) is 18.5 Å². The maximum atomic E-state index is 12.4. The second kappa shape index (κ2) is 62.9. The molecular weight excluding hydrogens is 899 g/mol. The number of aliphatic hydroxyl groups is 2. The molecule has 0 rings (SSSR count). The Morgan fingerprint density at radius 1 is 0.370 bits per heavy atom. The number of aliphatic hydroxyl groups excluding tert-OH is 2. The van der Waals surface area contributed by atoms with Crippen LogP contribution in [0.1, 0.15) is 367 Å². The van der Waals surface area contributed by atoms with Gasteiger partial charge in [-0.1, -0.05) is 321 Å². The molecule has 73 heavy (non-hydrogen) atoms. The summed E-state index contributed by atoms with van der Waals surface area (Å²) in [6.07, 6.45) is 78.2. The van der Waals surface area contributed by atoms with Crippen molar-refractivity contribution >= 4 is 11.9 Å². The molecule has 0 heterocycles. The molecule has 0 aliphatic heterocycles. The van der Waals surface area contributed by atoms with Crippen LogP contribution < -0.4 is 5.32 Å². The van der Waals surface area contributed by atoms with E-state index in [4.69, 9.17) is 4.74 Å². The zero-order valence-electron chi connectivity index (χ0n) is 49.4. The predicted molar refractivity (Wildman–Crippen MR) is 320 cm³/mol. The third-order valence-electron chi connectivity index (χ3n) is 15.5. The molecule has 3 N–H and O–H groups in total.